The van der Waals surface area contributed by atoms with Crippen LogP contribution in [0.5, 0.6) is 0 Å². The highest BCUT2D eigenvalue weighted by molar-refractivity contribution is 5.93. The van der Waals surface area contributed by atoms with E-state index < -0.39 is 58.0 Å². The smallest absolute Gasteiger partial charge is 0.341 e. The Morgan fingerprint density at radius 1 is 1.16 bits per heavy atom. The van der Waals surface area contributed by atoms with Crippen molar-refractivity contribution >= 4 is 28.5 Å². The Morgan fingerprint density at radius 2 is 1.79 bits per heavy atom. The molecule has 0 radical (unpaired) electrons. The SMILES string of the molecule is CC(C)(C)C(CO)n1cc(C(=O)O)c(=O)c2cc(NCc3c(F)cc(F)cc3F)c(N3CCOCC3)nc21. The summed E-state index contributed by atoms with van der Waals surface area (Å²) in [5, 5.41) is 22.8. The van der Waals surface area contributed by atoms with E-state index in [2.05, 4.69) is 5.32 Å². The number of carboxylic acid groups (broad SMARTS) is 1. The van der Waals surface area contributed by atoms with E-state index in [0.717, 1.165) is 0 Å². The first-order valence-electron chi connectivity index (χ1n) is 12.1. The lowest BCUT2D eigenvalue weighted by Gasteiger charge is -2.33. The molecule has 1 atom stereocenters. The largest absolute Gasteiger partial charge is 0.477 e. The monoisotopic (exact) mass is 534 g/mol. The molecule has 0 aliphatic carbocycles. The van der Waals surface area contributed by atoms with Crippen molar-refractivity contribution in [2.75, 3.05) is 43.1 Å². The van der Waals surface area contributed by atoms with Crippen molar-refractivity contribution in [1.82, 2.24) is 9.55 Å². The van der Waals surface area contributed by atoms with Crippen LogP contribution in [0.15, 0.2) is 29.2 Å². The Hall–Kier alpha value is -3.64. The maximum Gasteiger partial charge on any atom is 0.341 e. The van der Waals surface area contributed by atoms with Gasteiger partial charge in [0.15, 0.2) is 5.82 Å². The van der Waals surface area contributed by atoms with Gasteiger partial charge in [-0.05, 0) is 11.5 Å². The molecule has 1 fully saturated rings. The number of ether oxygens (including phenoxy) is 1. The van der Waals surface area contributed by atoms with E-state index in [-0.39, 0.29) is 23.3 Å². The molecule has 3 aromatic rings. The van der Waals surface area contributed by atoms with Gasteiger partial charge in [-0.1, -0.05) is 20.8 Å². The molecule has 0 spiro atoms. The number of morpholine rings is 1. The number of aliphatic hydroxyl groups is 1. The van der Waals surface area contributed by atoms with E-state index >= 15 is 0 Å². The molecule has 1 saturated heterocycles. The number of nitrogens with zero attached hydrogens (tertiary/aromatic N) is 3. The normalized spacial score (nSPS) is 15.1. The van der Waals surface area contributed by atoms with Gasteiger partial charge in [-0.25, -0.2) is 22.9 Å². The third kappa shape index (κ3) is 5.32. The van der Waals surface area contributed by atoms with Crippen LogP contribution >= 0.6 is 0 Å². The Labute approximate surface area is 216 Å². The summed E-state index contributed by atoms with van der Waals surface area (Å²) in [6.45, 7) is 6.52. The van der Waals surface area contributed by atoms with Crippen molar-refractivity contribution in [3.63, 3.8) is 0 Å². The lowest BCUT2D eigenvalue weighted by molar-refractivity contribution is 0.0692. The van der Waals surface area contributed by atoms with Gasteiger partial charge in [0, 0.05) is 43.5 Å². The fourth-order valence-electron chi connectivity index (χ4n) is 4.50. The fraction of sp³-hybridized carbons (Fsp3) is 0.423. The second kappa shape index (κ2) is 10.6. The minimum absolute atomic E-state index is 0.0489. The van der Waals surface area contributed by atoms with Crippen LogP contribution in [0.2, 0.25) is 0 Å². The van der Waals surface area contributed by atoms with Crippen LogP contribution in [0, 0.1) is 22.9 Å². The zero-order valence-electron chi connectivity index (χ0n) is 21.2. The van der Waals surface area contributed by atoms with Crippen molar-refractivity contribution in [3.8, 4) is 0 Å². The van der Waals surface area contributed by atoms with Gasteiger partial charge in [-0.3, -0.25) is 4.79 Å². The molecule has 4 rings (SSSR count). The second-order valence-electron chi connectivity index (χ2n) is 10.2. The van der Waals surface area contributed by atoms with Crippen molar-refractivity contribution in [3.05, 3.63) is 63.2 Å². The molecule has 1 aliphatic rings. The van der Waals surface area contributed by atoms with E-state index in [1.165, 1.54) is 16.8 Å². The number of aromatic nitrogens is 2. The minimum atomic E-state index is -1.45. The number of pyridine rings is 2. The molecule has 0 bridgehead atoms. The van der Waals surface area contributed by atoms with Gasteiger partial charge in [0.05, 0.1) is 36.9 Å². The highest BCUT2D eigenvalue weighted by Gasteiger charge is 2.30. The minimum Gasteiger partial charge on any atom is -0.477 e. The molecular formula is C26H29F3N4O5. The number of carboxylic acids is 1. The number of hydrogen-bond acceptors (Lipinski definition) is 7. The van der Waals surface area contributed by atoms with E-state index in [1.54, 1.807) is 0 Å². The molecule has 1 aliphatic heterocycles. The lowest BCUT2D eigenvalue weighted by Crippen LogP contribution is -2.37. The molecule has 204 valence electrons. The zero-order chi connectivity index (χ0) is 27.8. The molecule has 9 nitrogen and oxygen atoms in total. The van der Waals surface area contributed by atoms with Gasteiger partial charge in [-0.15, -0.1) is 0 Å². The lowest BCUT2D eigenvalue weighted by atomic mass is 9.86. The van der Waals surface area contributed by atoms with Gasteiger partial charge in [0.25, 0.3) is 0 Å². The molecule has 3 N–H and O–H groups in total. The summed E-state index contributed by atoms with van der Waals surface area (Å²) < 4.78 is 48.9. The summed E-state index contributed by atoms with van der Waals surface area (Å²) in [6, 6.07) is 1.91. The van der Waals surface area contributed by atoms with Crippen LogP contribution in [0.4, 0.5) is 24.7 Å². The van der Waals surface area contributed by atoms with E-state index in [1.807, 2.05) is 25.7 Å². The molecule has 38 heavy (non-hydrogen) atoms. The van der Waals surface area contributed by atoms with Crippen molar-refractivity contribution in [2.45, 2.75) is 33.4 Å². The standard InChI is InChI=1S/C26H29F3N4O5/c1-26(2,3)21(13-34)33-12-17(25(36)37)22(35)15-10-20(24(31-23(15)33)32-4-6-38-7-5-32)30-11-16-18(28)8-14(27)9-19(16)29/h8-10,12,21,30,34H,4-7,11,13H2,1-3H3,(H,36,37). The number of aliphatic hydroxyl groups excluding tert-OH is 1. The first-order valence-corrected chi connectivity index (χ1v) is 12.1. The molecule has 12 heteroatoms. The predicted octanol–water partition coefficient (Wildman–Crippen LogP) is 3.54. The van der Waals surface area contributed by atoms with Gasteiger partial charge in [0.2, 0.25) is 5.43 Å². The Balaban J connectivity index is 1.95. The summed E-state index contributed by atoms with van der Waals surface area (Å²) in [5.74, 6) is -4.31. The van der Waals surface area contributed by atoms with E-state index in [0.29, 0.717) is 44.3 Å². The Kier molecular flexibility index (Phi) is 7.65. The number of hydrogen-bond donors (Lipinski definition) is 3. The van der Waals surface area contributed by atoms with Gasteiger partial charge in [0.1, 0.15) is 28.7 Å². The number of anilines is 2. The van der Waals surface area contributed by atoms with Crippen molar-refractivity contribution in [1.29, 1.82) is 0 Å². The number of nitrogens with one attached hydrogen (secondary N) is 1. The number of halogens is 3. The number of rotatable bonds is 7. The molecule has 2 aromatic heterocycles. The summed E-state index contributed by atoms with van der Waals surface area (Å²) in [7, 11) is 0. The van der Waals surface area contributed by atoms with Gasteiger partial charge >= 0.3 is 5.97 Å². The quantitative estimate of drug-likeness (QED) is 0.422. The summed E-state index contributed by atoms with van der Waals surface area (Å²) in [4.78, 5) is 31.8. The van der Waals surface area contributed by atoms with E-state index in [4.69, 9.17) is 9.72 Å². The zero-order valence-corrected chi connectivity index (χ0v) is 21.2. The highest BCUT2D eigenvalue weighted by Crippen LogP contribution is 2.35. The topological polar surface area (TPSA) is 117 Å². The fourth-order valence-corrected chi connectivity index (χ4v) is 4.50. The maximum atomic E-state index is 14.3. The molecule has 3 heterocycles. The molecular weight excluding hydrogens is 505 g/mol. The number of carbonyl (C=O) groups is 1. The molecule has 0 amide bonds. The van der Waals surface area contributed by atoms with Gasteiger partial charge in [-0.2, -0.15) is 0 Å². The van der Waals surface area contributed by atoms with Crippen molar-refractivity contribution in [2.24, 2.45) is 5.41 Å². The molecule has 1 aromatic carbocycles. The summed E-state index contributed by atoms with van der Waals surface area (Å²) in [5.41, 5.74) is -1.88. The third-order valence-corrected chi connectivity index (χ3v) is 6.60. The number of benzene rings is 1. The van der Waals surface area contributed by atoms with Crippen LogP contribution in [0.25, 0.3) is 11.0 Å². The maximum absolute atomic E-state index is 14.3. The van der Waals surface area contributed by atoms with Crippen molar-refractivity contribution < 1.29 is 32.9 Å². The first kappa shape index (κ1) is 27.4. The molecule has 0 saturated carbocycles. The Bertz CT molecular complexity index is 1410. The van der Waals surface area contributed by atoms with E-state index in [9.17, 15) is 33.0 Å². The second-order valence-corrected chi connectivity index (χ2v) is 10.2. The summed E-state index contributed by atoms with van der Waals surface area (Å²) >= 11 is 0. The van der Waals surface area contributed by atoms with Crippen LogP contribution in [0.3, 0.4) is 0 Å². The number of fused-ring (bicyclic) bond motifs is 1. The molecule has 1 unspecified atom stereocenters. The van der Waals surface area contributed by atoms with Crippen LogP contribution in [0.1, 0.15) is 42.7 Å². The third-order valence-electron chi connectivity index (χ3n) is 6.60. The van der Waals surface area contributed by atoms with Crippen LogP contribution < -0.4 is 15.6 Å². The average Bonchev–Trinajstić information content (AvgIpc) is 2.84. The van der Waals surface area contributed by atoms with Crippen LogP contribution in [-0.4, -0.2) is 58.6 Å². The summed E-state index contributed by atoms with van der Waals surface area (Å²) in [6.07, 6.45) is 1.19. The number of aromatic carboxylic acids is 1. The Morgan fingerprint density at radius 3 is 2.34 bits per heavy atom. The van der Waals surface area contributed by atoms with Gasteiger partial charge < -0.3 is 29.7 Å². The van der Waals surface area contributed by atoms with Crippen LogP contribution in [-0.2, 0) is 11.3 Å². The average molecular weight is 535 g/mol. The highest BCUT2D eigenvalue weighted by atomic mass is 19.1. The first-order chi connectivity index (χ1) is 17.9. The predicted molar refractivity (Wildman–Crippen MR) is 135 cm³/mol.